The quantitative estimate of drug-likeness (QED) is 0.555. The highest BCUT2D eigenvalue weighted by atomic mass is 35.5. The van der Waals surface area contributed by atoms with Crippen LogP contribution in [0, 0.1) is 0 Å². The lowest BCUT2D eigenvalue weighted by molar-refractivity contribution is 0.893. The van der Waals surface area contributed by atoms with Gasteiger partial charge in [-0.3, -0.25) is 9.78 Å². The molecule has 0 saturated heterocycles. The molecule has 8 heteroatoms. The number of halogens is 2. The minimum Gasteiger partial charge on any atom is -0.352 e. The zero-order valence-electron chi connectivity index (χ0n) is 13.4. The number of H-pyrrole nitrogens is 1. The van der Waals surface area contributed by atoms with Crippen molar-refractivity contribution >= 4 is 40.2 Å². The molecule has 0 bridgehead atoms. The molecule has 0 radical (unpaired) electrons. The van der Waals surface area contributed by atoms with E-state index in [-0.39, 0.29) is 5.56 Å². The number of benzene rings is 2. The highest BCUT2D eigenvalue weighted by Gasteiger charge is 2.13. The second-order valence-electron chi connectivity index (χ2n) is 5.60. The molecular formula is C18H13Cl2N5O. The molecular weight excluding hydrogens is 373 g/mol. The normalized spacial score (nSPS) is 11.0. The summed E-state index contributed by atoms with van der Waals surface area (Å²) < 4.78 is 1.55. The maximum absolute atomic E-state index is 12.4. The SMILES string of the molecule is O=c1[nH]c(NCc2ccccc2Cl)nc2c1cnn2-c1ccccc1Cl. The molecule has 0 aliphatic rings. The molecule has 0 spiro atoms. The molecule has 2 aromatic heterocycles. The molecule has 26 heavy (non-hydrogen) atoms. The van der Waals surface area contributed by atoms with Crippen molar-refractivity contribution < 1.29 is 0 Å². The largest absolute Gasteiger partial charge is 0.352 e. The molecule has 4 aromatic rings. The molecule has 0 saturated carbocycles. The highest BCUT2D eigenvalue weighted by Crippen LogP contribution is 2.22. The van der Waals surface area contributed by atoms with E-state index < -0.39 is 0 Å². The Balaban J connectivity index is 1.74. The Hall–Kier alpha value is -2.83. The first-order valence-corrected chi connectivity index (χ1v) is 8.59. The van der Waals surface area contributed by atoms with Crippen LogP contribution in [-0.4, -0.2) is 19.7 Å². The number of hydrogen-bond acceptors (Lipinski definition) is 4. The van der Waals surface area contributed by atoms with E-state index in [4.69, 9.17) is 23.2 Å². The number of anilines is 1. The van der Waals surface area contributed by atoms with E-state index in [1.165, 1.54) is 6.20 Å². The predicted octanol–water partition coefficient (Wildman–Crippen LogP) is 4.03. The Bertz CT molecular complexity index is 1150. The molecule has 0 fully saturated rings. The van der Waals surface area contributed by atoms with Crippen LogP contribution in [0.4, 0.5) is 5.95 Å². The van der Waals surface area contributed by atoms with Gasteiger partial charge < -0.3 is 5.32 Å². The maximum atomic E-state index is 12.4. The molecule has 0 amide bonds. The van der Waals surface area contributed by atoms with Crippen LogP contribution in [0.1, 0.15) is 5.56 Å². The van der Waals surface area contributed by atoms with Crippen LogP contribution in [0.2, 0.25) is 10.0 Å². The molecule has 2 N–H and O–H groups in total. The lowest BCUT2D eigenvalue weighted by atomic mass is 10.2. The first-order valence-electron chi connectivity index (χ1n) is 7.84. The van der Waals surface area contributed by atoms with Crippen LogP contribution < -0.4 is 10.9 Å². The van der Waals surface area contributed by atoms with Crippen LogP contribution in [0.5, 0.6) is 0 Å². The summed E-state index contributed by atoms with van der Waals surface area (Å²) in [5.41, 5.74) is 1.69. The van der Waals surface area contributed by atoms with Gasteiger partial charge in [0.25, 0.3) is 5.56 Å². The van der Waals surface area contributed by atoms with E-state index in [0.717, 1.165) is 5.56 Å². The minimum absolute atomic E-state index is 0.282. The van der Waals surface area contributed by atoms with Gasteiger partial charge in [-0.15, -0.1) is 0 Å². The first kappa shape index (κ1) is 16.6. The van der Waals surface area contributed by atoms with Crippen molar-refractivity contribution in [3.63, 3.8) is 0 Å². The Morgan fingerprint density at radius 2 is 1.77 bits per heavy atom. The van der Waals surface area contributed by atoms with Crippen molar-refractivity contribution in [1.29, 1.82) is 0 Å². The Morgan fingerprint density at radius 3 is 2.54 bits per heavy atom. The highest BCUT2D eigenvalue weighted by molar-refractivity contribution is 6.32. The fourth-order valence-electron chi connectivity index (χ4n) is 2.62. The monoisotopic (exact) mass is 385 g/mol. The third-order valence-electron chi connectivity index (χ3n) is 3.92. The Morgan fingerprint density at radius 1 is 1.04 bits per heavy atom. The lowest BCUT2D eigenvalue weighted by Crippen LogP contribution is -2.13. The molecule has 4 rings (SSSR count). The van der Waals surface area contributed by atoms with Crippen molar-refractivity contribution in [2.24, 2.45) is 0 Å². The van der Waals surface area contributed by atoms with Crippen LogP contribution in [0.3, 0.4) is 0 Å². The van der Waals surface area contributed by atoms with Crippen molar-refractivity contribution in [2.45, 2.75) is 6.54 Å². The number of para-hydroxylation sites is 1. The molecule has 0 aliphatic carbocycles. The predicted molar refractivity (Wildman–Crippen MR) is 103 cm³/mol. The van der Waals surface area contributed by atoms with Gasteiger partial charge in [0.2, 0.25) is 5.95 Å². The standard InChI is InChI=1S/C18H13Cl2N5O/c19-13-6-2-1-5-11(13)9-21-18-23-16-12(17(26)24-18)10-22-25(16)15-8-4-3-7-14(15)20/h1-8,10H,9H2,(H2,21,23,24,26). The first-order chi connectivity index (χ1) is 12.6. The van der Waals surface area contributed by atoms with Crippen LogP contribution in [-0.2, 0) is 6.54 Å². The zero-order valence-corrected chi connectivity index (χ0v) is 14.9. The van der Waals surface area contributed by atoms with Crippen LogP contribution >= 0.6 is 23.2 Å². The van der Waals surface area contributed by atoms with Gasteiger partial charge in [0, 0.05) is 11.6 Å². The smallest absolute Gasteiger partial charge is 0.263 e. The second kappa shape index (κ2) is 6.82. The summed E-state index contributed by atoms with van der Waals surface area (Å²) >= 11 is 12.4. The lowest BCUT2D eigenvalue weighted by Gasteiger charge is -2.08. The van der Waals surface area contributed by atoms with Crippen LogP contribution in [0.15, 0.2) is 59.5 Å². The van der Waals surface area contributed by atoms with Crippen molar-refractivity contribution in [3.05, 3.63) is 80.7 Å². The zero-order chi connectivity index (χ0) is 18.1. The number of nitrogens with zero attached hydrogens (tertiary/aromatic N) is 3. The third kappa shape index (κ3) is 3.05. The number of aromatic amines is 1. The number of fused-ring (bicyclic) bond motifs is 1. The van der Waals surface area contributed by atoms with E-state index in [1.807, 2.05) is 42.5 Å². The second-order valence-corrected chi connectivity index (χ2v) is 6.42. The summed E-state index contributed by atoms with van der Waals surface area (Å²) in [5.74, 6) is 0.330. The molecule has 2 heterocycles. The molecule has 130 valence electrons. The third-order valence-corrected chi connectivity index (χ3v) is 4.61. The van der Waals surface area contributed by atoms with Gasteiger partial charge in [-0.2, -0.15) is 10.1 Å². The number of nitrogens with one attached hydrogen (secondary N) is 2. The van der Waals surface area contributed by atoms with Gasteiger partial charge in [-0.1, -0.05) is 53.5 Å². The van der Waals surface area contributed by atoms with E-state index in [9.17, 15) is 4.79 Å². The average Bonchev–Trinajstić information content (AvgIpc) is 3.06. The van der Waals surface area contributed by atoms with Crippen molar-refractivity contribution in [3.8, 4) is 5.69 Å². The molecule has 0 unspecified atom stereocenters. The maximum Gasteiger partial charge on any atom is 0.263 e. The number of hydrogen-bond donors (Lipinski definition) is 2. The Kier molecular flexibility index (Phi) is 4.36. The van der Waals surface area contributed by atoms with E-state index >= 15 is 0 Å². The average molecular weight is 386 g/mol. The number of rotatable bonds is 4. The Labute approximate surface area is 158 Å². The summed E-state index contributed by atoms with van der Waals surface area (Å²) in [6.07, 6.45) is 1.47. The van der Waals surface area contributed by atoms with Gasteiger partial charge in [0.15, 0.2) is 5.65 Å². The molecule has 0 atom stereocenters. The van der Waals surface area contributed by atoms with E-state index in [2.05, 4.69) is 20.4 Å². The van der Waals surface area contributed by atoms with E-state index in [0.29, 0.717) is 39.3 Å². The van der Waals surface area contributed by atoms with Gasteiger partial charge in [-0.25, -0.2) is 4.68 Å². The van der Waals surface area contributed by atoms with Crippen LogP contribution in [0.25, 0.3) is 16.7 Å². The minimum atomic E-state index is -0.282. The summed E-state index contributed by atoms with van der Waals surface area (Å²) in [6.45, 7) is 0.425. The molecule has 2 aromatic carbocycles. The topological polar surface area (TPSA) is 75.6 Å². The van der Waals surface area contributed by atoms with Crippen molar-refractivity contribution in [1.82, 2.24) is 19.7 Å². The molecule has 6 nitrogen and oxygen atoms in total. The van der Waals surface area contributed by atoms with Gasteiger partial charge in [0.1, 0.15) is 5.39 Å². The summed E-state index contributed by atoms with van der Waals surface area (Å²) in [7, 11) is 0. The van der Waals surface area contributed by atoms with Crippen molar-refractivity contribution in [2.75, 3.05) is 5.32 Å². The summed E-state index contributed by atoms with van der Waals surface area (Å²) in [4.78, 5) is 19.6. The van der Waals surface area contributed by atoms with Gasteiger partial charge in [-0.05, 0) is 23.8 Å². The van der Waals surface area contributed by atoms with Gasteiger partial charge >= 0.3 is 0 Å². The fraction of sp³-hybridized carbons (Fsp3) is 0.0556. The summed E-state index contributed by atoms with van der Waals surface area (Å²) in [5, 5.41) is 8.90. The van der Waals surface area contributed by atoms with Gasteiger partial charge in [0.05, 0.1) is 16.9 Å². The summed E-state index contributed by atoms with van der Waals surface area (Å²) in [6, 6.07) is 14.7. The molecule has 0 aliphatic heterocycles. The van der Waals surface area contributed by atoms with E-state index in [1.54, 1.807) is 10.7 Å². The fourth-order valence-corrected chi connectivity index (χ4v) is 3.04. The number of aromatic nitrogens is 4.